The zero-order valence-corrected chi connectivity index (χ0v) is 15.9. The van der Waals surface area contributed by atoms with Gasteiger partial charge in [-0.25, -0.2) is 9.78 Å². The number of methoxy groups -OCH3 is 3. The third-order valence-corrected chi connectivity index (χ3v) is 3.78. The van der Waals surface area contributed by atoms with Crippen LogP contribution in [0.2, 0.25) is 0 Å². The number of hydrogen-bond donors (Lipinski definition) is 2. The molecule has 10 nitrogen and oxygen atoms in total. The topological polar surface area (TPSA) is 137 Å². The standard InChI is InChI=1S/C19H18N2O4.HNO3/c1-23-15-9-7-12(11-16(15)24-2)8-10-17-20-14-6-4-5-13(18(14)21-17)19(22)25-3;2-1(3)4/h4-11H,1-3H3,(H,20,21);(H,2,3,4)/b10-8+;. The summed E-state index contributed by atoms with van der Waals surface area (Å²) in [5, 5.41) is 13.6. The molecule has 10 heteroatoms. The summed E-state index contributed by atoms with van der Waals surface area (Å²) in [6.07, 6.45) is 3.74. The first-order valence-corrected chi connectivity index (χ1v) is 8.20. The van der Waals surface area contributed by atoms with Crippen LogP contribution in [0, 0.1) is 10.1 Å². The highest BCUT2D eigenvalue weighted by atomic mass is 16.9. The van der Waals surface area contributed by atoms with Crippen molar-refractivity contribution in [1.82, 2.24) is 9.97 Å². The second kappa shape index (κ2) is 9.74. The van der Waals surface area contributed by atoms with E-state index in [1.54, 1.807) is 26.4 Å². The fourth-order valence-corrected chi connectivity index (χ4v) is 2.54. The summed E-state index contributed by atoms with van der Waals surface area (Å²) in [4.78, 5) is 27.8. The highest BCUT2D eigenvalue weighted by Gasteiger charge is 2.13. The Morgan fingerprint density at radius 3 is 2.45 bits per heavy atom. The first-order chi connectivity index (χ1) is 13.9. The lowest BCUT2D eigenvalue weighted by atomic mass is 10.2. The van der Waals surface area contributed by atoms with Gasteiger partial charge in [0.1, 0.15) is 11.3 Å². The number of esters is 1. The lowest BCUT2D eigenvalue weighted by molar-refractivity contribution is -0.742. The summed E-state index contributed by atoms with van der Waals surface area (Å²) in [5.41, 5.74) is 2.73. The maximum atomic E-state index is 11.8. The van der Waals surface area contributed by atoms with Gasteiger partial charge < -0.3 is 24.4 Å². The molecular formula is C19H19N3O7. The zero-order valence-electron chi connectivity index (χ0n) is 15.9. The van der Waals surface area contributed by atoms with E-state index in [2.05, 4.69) is 9.97 Å². The molecule has 0 aliphatic carbocycles. The van der Waals surface area contributed by atoms with Crippen LogP contribution in [-0.2, 0) is 4.74 Å². The van der Waals surface area contributed by atoms with Crippen LogP contribution in [0.4, 0.5) is 0 Å². The summed E-state index contributed by atoms with van der Waals surface area (Å²) >= 11 is 0. The molecule has 1 aromatic heterocycles. The van der Waals surface area contributed by atoms with E-state index < -0.39 is 11.1 Å². The van der Waals surface area contributed by atoms with E-state index in [1.807, 2.05) is 36.4 Å². The first kappa shape index (κ1) is 21.2. The number of aromatic nitrogens is 2. The van der Waals surface area contributed by atoms with E-state index in [0.717, 1.165) is 11.1 Å². The monoisotopic (exact) mass is 401 g/mol. The van der Waals surface area contributed by atoms with Crippen LogP contribution in [0.1, 0.15) is 21.7 Å². The molecule has 0 spiro atoms. The third-order valence-electron chi connectivity index (χ3n) is 3.78. The molecule has 1 heterocycles. The molecule has 2 N–H and O–H groups in total. The molecule has 2 aromatic carbocycles. The molecule has 0 saturated carbocycles. The Morgan fingerprint density at radius 2 is 1.83 bits per heavy atom. The smallest absolute Gasteiger partial charge is 0.340 e. The minimum absolute atomic E-state index is 0.410. The average molecular weight is 401 g/mol. The van der Waals surface area contributed by atoms with Gasteiger partial charge in [-0.1, -0.05) is 18.2 Å². The molecule has 152 valence electrons. The molecule has 0 aliphatic rings. The largest absolute Gasteiger partial charge is 0.493 e. The minimum atomic E-state index is -1.50. The number of aromatic amines is 1. The Labute approximate surface area is 165 Å². The van der Waals surface area contributed by atoms with Gasteiger partial charge in [0.25, 0.3) is 5.09 Å². The van der Waals surface area contributed by atoms with Crippen molar-refractivity contribution in [3.63, 3.8) is 0 Å². The number of ether oxygens (including phenoxy) is 3. The average Bonchev–Trinajstić information content (AvgIpc) is 3.14. The number of carbonyl (C=O) groups is 1. The van der Waals surface area contributed by atoms with Crippen molar-refractivity contribution in [2.45, 2.75) is 0 Å². The number of carbonyl (C=O) groups excluding carboxylic acids is 1. The van der Waals surface area contributed by atoms with Crippen LogP contribution in [0.25, 0.3) is 23.2 Å². The number of rotatable bonds is 5. The van der Waals surface area contributed by atoms with Crippen LogP contribution >= 0.6 is 0 Å². The van der Waals surface area contributed by atoms with Gasteiger partial charge in [-0.05, 0) is 35.9 Å². The SMILES string of the molecule is COC(=O)c1cccc2[nH]c(/C=C/c3ccc(OC)c(OC)c3)nc12.O=[N+]([O-])O. The van der Waals surface area contributed by atoms with Crippen molar-refractivity contribution in [2.75, 3.05) is 21.3 Å². The van der Waals surface area contributed by atoms with Gasteiger partial charge in [-0.3, -0.25) is 0 Å². The number of H-pyrrole nitrogens is 1. The Hall–Kier alpha value is -4.08. The number of hydrogen-bond acceptors (Lipinski definition) is 7. The van der Waals surface area contributed by atoms with Gasteiger partial charge >= 0.3 is 5.97 Å². The lowest BCUT2D eigenvalue weighted by Gasteiger charge is -2.07. The van der Waals surface area contributed by atoms with E-state index in [0.29, 0.717) is 28.4 Å². The minimum Gasteiger partial charge on any atom is -0.493 e. The van der Waals surface area contributed by atoms with Crippen molar-refractivity contribution < 1.29 is 29.3 Å². The number of fused-ring (bicyclic) bond motifs is 1. The number of nitrogens with zero attached hydrogens (tertiary/aromatic N) is 2. The maximum Gasteiger partial charge on any atom is 0.340 e. The van der Waals surface area contributed by atoms with Crippen molar-refractivity contribution in [3.05, 3.63) is 63.5 Å². The van der Waals surface area contributed by atoms with Crippen molar-refractivity contribution >= 4 is 29.2 Å². The number of nitrogens with one attached hydrogen (secondary N) is 1. The van der Waals surface area contributed by atoms with Crippen LogP contribution in [-0.4, -0.2) is 47.6 Å². The van der Waals surface area contributed by atoms with Gasteiger partial charge in [-0.15, -0.1) is 10.1 Å². The second-order valence-corrected chi connectivity index (χ2v) is 5.50. The summed E-state index contributed by atoms with van der Waals surface area (Å²) in [6, 6.07) is 11.0. The van der Waals surface area contributed by atoms with Crippen molar-refractivity contribution in [3.8, 4) is 11.5 Å². The Balaban J connectivity index is 0.000000687. The van der Waals surface area contributed by atoms with E-state index in [-0.39, 0.29) is 0 Å². The lowest BCUT2D eigenvalue weighted by Crippen LogP contribution is -2.01. The molecule has 3 rings (SSSR count). The normalized spacial score (nSPS) is 10.3. The van der Waals surface area contributed by atoms with Crippen LogP contribution in [0.5, 0.6) is 11.5 Å². The van der Waals surface area contributed by atoms with E-state index in [1.165, 1.54) is 7.11 Å². The first-order valence-electron chi connectivity index (χ1n) is 8.20. The summed E-state index contributed by atoms with van der Waals surface area (Å²) in [5.74, 6) is 1.56. The molecule has 0 saturated heterocycles. The van der Waals surface area contributed by atoms with Crippen LogP contribution in [0.3, 0.4) is 0 Å². The summed E-state index contributed by atoms with van der Waals surface area (Å²) in [6.45, 7) is 0. The molecule has 0 amide bonds. The zero-order chi connectivity index (χ0) is 21.4. The van der Waals surface area contributed by atoms with E-state index >= 15 is 0 Å². The molecule has 0 bridgehead atoms. The Kier molecular flexibility index (Phi) is 7.13. The fraction of sp³-hybridized carbons (Fsp3) is 0.158. The van der Waals surface area contributed by atoms with Gasteiger partial charge in [-0.2, -0.15) is 0 Å². The van der Waals surface area contributed by atoms with Crippen molar-refractivity contribution in [1.29, 1.82) is 0 Å². The molecule has 0 aliphatic heterocycles. The van der Waals surface area contributed by atoms with Gasteiger partial charge in [0.2, 0.25) is 0 Å². The van der Waals surface area contributed by atoms with Gasteiger partial charge in [0.05, 0.1) is 32.4 Å². The summed E-state index contributed by atoms with van der Waals surface area (Å²) < 4.78 is 15.3. The molecular weight excluding hydrogens is 382 g/mol. The molecule has 0 atom stereocenters. The Morgan fingerprint density at radius 1 is 1.14 bits per heavy atom. The number of para-hydroxylation sites is 1. The second-order valence-electron chi connectivity index (χ2n) is 5.50. The quantitative estimate of drug-likeness (QED) is 0.378. The molecule has 29 heavy (non-hydrogen) atoms. The molecule has 3 aromatic rings. The predicted molar refractivity (Wildman–Crippen MR) is 105 cm³/mol. The van der Waals surface area contributed by atoms with Crippen molar-refractivity contribution in [2.24, 2.45) is 0 Å². The van der Waals surface area contributed by atoms with Gasteiger partial charge in [0.15, 0.2) is 11.5 Å². The number of benzene rings is 2. The predicted octanol–water partition coefficient (Wildman–Crippen LogP) is 3.19. The highest BCUT2D eigenvalue weighted by Crippen LogP contribution is 2.28. The van der Waals surface area contributed by atoms with Crippen LogP contribution < -0.4 is 9.47 Å². The highest BCUT2D eigenvalue weighted by molar-refractivity contribution is 6.02. The Bertz CT molecular complexity index is 1040. The van der Waals surface area contributed by atoms with E-state index in [4.69, 9.17) is 29.5 Å². The molecule has 0 radical (unpaired) electrons. The van der Waals surface area contributed by atoms with E-state index in [9.17, 15) is 4.79 Å². The fourth-order valence-electron chi connectivity index (χ4n) is 2.54. The van der Waals surface area contributed by atoms with Crippen LogP contribution in [0.15, 0.2) is 36.4 Å². The summed E-state index contributed by atoms with van der Waals surface area (Å²) in [7, 11) is 4.55. The molecule has 0 fully saturated rings. The molecule has 0 unspecified atom stereocenters. The third kappa shape index (κ3) is 5.45. The number of imidazole rings is 1. The maximum absolute atomic E-state index is 11.8. The van der Waals surface area contributed by atoms with Gasteiger partial charge in [0, 0.05) is 0 Å².